The summed E-state index contributed by atoms with van der Waals surface area (Å²) in [5.41, 5.74) is 1.41. The molecular formula is C22H35N3O. The first-order valence-corrected chi connectivity index (χ1v) is 10.5. The highest BCUT2D eigenvalue weighted by Crippen LogP contribution is 2.21. The lowest BCUT2D eigenvalue weighted by molar-refractivity contribution is -0.141. The number of hydrogen-bond donors (Lipinski definition) is 0. The zero-order valence-corrected chi connectivity index (χ0v) is 16.6. The number of carbonyl (C=O) groups excluding carboxylic acids is 1. The molecule has 2 aliphatic heterocycles. The van der Waals surface area contributed by atoms with Gasteiger partial charge in [0.2, 0.25) is 5.91 Å². The van der Waals surface area contributed by atoms with E-state index in [9.17, 15) is 4.79 Å². The van der Waals surface area contributed by atoms with Crippen LogP contribution in [0.25, 0.3) is 0 Å². The van der Waals surface area contributed by atoms with Crippen molar-refractivity contribution in [3.8, 4) is 0 Å². The van der Waals surface area contributed by atoms with E-state index in [4.69, 9.17) is 0 Å². The fourth-order valence-corrected chi connectivity index (χ4v) is 4.42. The van der Waals surface area contributed by atoms with Crippen molar-refractivity contribution in [2.75, 3.05) is 39.3 Å². The van der Waals surface area contributed by atoms with E-state index >= 15 is 0 Å². The lowest BCUT2D eigenvalue weighted by Crippen LogP contribution is -2.56. The van der Waals surface area contributed by atoms with E-state index in [-0.39, 0.29) is 6.04 Å². The normalized spacial score (nSPS) is 23.8. The van der Waals surface area contributed by atoms with Crippen LogP contribution in [0.2, 0.25) is 0 Å². The van der Waals surface area contributed by atoms with Crippen molar-refractivity contribution in [2.45, 2.75) is 58.0 Å². The predicted octanol–water partition coefficient (Wildman–Crippen LogP) is 3.03. The van der Waals surface area contributed by atoms with Crippen LogP contribution in [-0.4, -0.2) is 72.0 Å². The molecule has 0 aromatic heterocycles. The molecule has 1 aromatic rings. The molecule has 0 saturated carbocycles. The average Bonchev–Trinajstić information content (AvgIpc) is 2.72. The third-order valence-electron chi connectivity index (χ3n) is 6.25. The maximum absolute atomic E-state index is 13.0. The van der Waals surface area contributed by atoms with Gasteiger partial charge in [0.05, 0.1) is 6.04 Å². The molecule has 0 spiro atoms. The largest absolute Gasteiger partial charge is 0.338 e. The summed E-state index contributed by atoms with van der Waals surface area (Å²) in [5.74, 6) is 0.356. The Morgan fingerprint density at radius 3 is 2.50 bits per heavy atom. The Morgan fingerprint density at radius 2 is 1.81 bits per heavy atom. The van der Waals surface area contributed by atoms with E-state index in [0.717, 1.165) is 52.1 Å². The van der Waals surface area contributed by atoms with Crippen LogP contribution in [-0.2, 0) is 11.2 Å². The van der Waals surface area contributed by atoms with Crippen LogP contribution in [0.15, 0.2) is 30.3 Å². The molecule has 0 radical (unpaired) electrons. The Labute approximate surface area is 159 Å². The van der Waals surface area contributed by atoms with Crippen molar-refractivity contribution in [3.63, 3.8) is 0 Å². The molecule has 2 heterocycles. The molecule has 1 amide bonds. The molecule has 2 fully saturated rings. The number of benzene rings is 1. The highest BCUT2D eigenvalue weighted by Gasteiger charge is 2.32. The number of likely N-dealkylation sites (tertiary alicyclic amines) is 1. The fourth-order valence-electron chi connectivity index (χ4n) is 4.42. The summed E-state index contributed by atoms with van der Waals surface area (Å²) < 4.78 is 0. The molecule has 4 heteroatoms. The first kappa shape index (κ1) is 19.4. The van der Waals surface area contributed by atoms with Gasteiger partial charge in [0, 0.05) is 45.3 Å². The predicted molar refractivity (Wildman–Crippen MR) is 107 cm³/mol. The molecule has 2 atom stereocenters. The third-order valence-corrected chi connectivity index (χ3v) is 6.25. The molecule has 3 rings (SSSR count). The Bertz CT molecular complexity index is 554. The standard InChI is InChI=1S/C22H35N3O/c1-3-21-11-7-8-13-25(21)22(26)19(2)24-17-15-23(16-18-24)14-12-20-9-5-4-6-10-20/h4-6,9-10,19,21H,3,7-8,11-18H2,1-2H3. The van der Waals surface area contributed by atoms with E-state index in [1.165, 1.54) is 24.8 Å². The van der Waals surface area contributed by atoms with Crippen LogP contribution in [0, 0.1) is 0 Å². The minimum atomic E-state index is 0.0263. The van der Waals surface area contributed by atoms with Crippen LogP contribution in [0.1, 0.15) is 45.1 Å². The molecule has 2 aliphatic rings. The summed E-state index contributed by atoms with van der Waals surface area (Å²) in [6, 6.07) is 11.2. The van der Waals surface area contributed by atoms with Gasteiger partial charge in [-0.05, 0) is 44.6 Å². The minimum Gasteiger partial charge on any atom is -0.338 e. The summed E-state index contributed by atoms with van der Waals surface area (Å²) in [4.78, 5) is 20.1. The Hall–Kier alpha value is -1.39. The number of piperazine rings is 1. The lowest BCUT2D eigenvalue weighted by Gasteiger charge is -2.42. The summed E-state index contributed by atoms with van der Waals surface area (Å²) in [6.07, 6.45) is 5.83. The van der Waals surface area contributed by atoms with Crippen LogP contribution in [0.5, 0.6) is 0 Å². The Morgan fingerprint density at radius 1 is 1.08 bits per heavy atom. The second-order valence-corrected chi connectivity index (χ2v) is 7.88. The van der Waals surface area contributed by atoms with Crippen LogP contribution < -0.4 is 0 Å². The second kappa shape index (κ2) is 9.52. The van der Waals surface area contributed by atoms with E-state index < -0.39 is 0 Å². The van der Waals surface area contributed by atoms with Gasteiger partial charge in [-0.2, -0.15) is 0 Å². The molecule has 4 nitrogen and oxygen atoms in total. The molecule has 144 valence electrons. The molecular weight excluding hydrogens is 322 g/mol. The number of piperidine rings is 1. The third kappa shape index (κ3) is 4.86. The van der Waals surface area contributed by atoms with Crippen LogP contribution >= 0.6 is 0 Å². The maximum Gasteiger partial charge on any atom is 0.239 e. The zero-order valence-electron chi connectivity index (χ0n) is 16.6. The van der Waals surface area contributed by atoms with Crippen molar-refractivity contribution in [1.29, 1.82) is 0 Å². The van der Waals surface area contributed by atoms with E-state index in [2.05, 4.69) is 58.9 Å². The number of hydrogen-bond acceptors (Lipinski definition) is 3. The summed E-state index contributed by atoms with van der Waals surface area (Å²) >= 11 is 0. The SMILES string of the molecule is CCC1CCCCN1C(=O)C(C)N1CCN(CCc2ccccc2)CC1. The van der Waals surface area contributed by atoms with Gasteiger partial charge in [0.1, 0.15) is 0 Å². The van der Waals surface area contributed by atoms with E-state index in [1.54, 1.807) is 0 Å². The number of amides is 1. The van der Waals surface area contributed by atoms with Crippen molar-refractivity contribution < 1.29 is 4.79 Å². The van der Waals surface area contributed by atoms with Gasteiger partial charge < -0.3 is 9.80 Å². The first-order valence-electron chi connectivity index (χ1n) is 10.5. The van der Waals surface area contributed by atoms with Crippen LogP contribution in [0.4, 0.5) is 0 Å². The Balaban J connectivity index is 1.45. The van der Waals surface area contributed by atoms with Crippen molar-refractivity contribution >= 4 is 5.91 Å². The summed E-state index contributed by atoms with van der Waals surface area (Å²) in [7, 11) is 0. The highest BCUT2D eigenvalue weighted by molar-refractivity contribution is 5.82. The zero-order chi connectivity index (χ0) is 18.4. The number of carbonyl (C=O) groups is 1. The average molecular weight is 358 g/mol. The van der Waals surface area contributed by atoms with Crippen molar-refractivity contribution in [2.24, 2.45) is 0 Å². The molecule has 1 aromatic carbocycles. The molecule has 0 aliphatic carbocycles. The van der Waals surface area contributed by atoms with Gasteiger partial charge in [0.15, 0.2) is 0 Å². The van der Waals surface area contributed by atoms with E-state index in [1.807, 2.05) is 0 Å². The van der Waals surface area contributed by atoms with Gasteiger partial charge >= 0.3 is 0 Å². The molecule has 26 heavy (non-hydrogen) atoms. The monoisotopic (exact) mass is 357 g/mol. The fraction of sp³-hybridized carbons (Fsp3) is 0.682. The van der Waals surface area contributed by atoms with Crippen LogP contribution in [0.3, 0.4) is 0 Å². The quantitative estimate of drug-likeness (QED) is 0.783. The van der Waals surface area contributed by atoms with E-state index in [0.29, 0.717) is 11.9 Å². The summed E-state index contributed by atoms with van der Waals surface area (Å²) in [5, 5.41) is 0. The van der Waals surface area contributed by atoms with Gasteiger partial charge in [-0.15, -0.1) is 0 Å². The molecule has 2 saturated heterocycles. The van der Waals surface area contributed by atoms with Crippen molar-refractivity contribution in [3.05, 3.63) is 35.9 Å². The topological polar surface area (TPSA) is 26.8 Å². The highest BCUT2D eigenvalue weighted by atomic mass is 16.2. The molecule has 0 bridgehead atoms. The number of rotatable bonds is 6. The second-order valence-electron chi connectivity index (χ2n) is 7.88. The van der Waals surface area contributed by atoms with Crippen molar-refractivity contribution in [1.82, 2.24) is 14.7 Å². The smallest absolute Gasteiger partial charge is 0.239 e. The maximum atomic E-state index is 13.0. The summed E-state index contributed by atoms with van der Waals surface area (Å²) in [6.45, 7) is 10.6. The van der Waals surface area contributed by atoms with Gasteiger partial charge in [0.25, 0.3) is 0 Å². The first-order chi connectivity index (χ1) is 12.7. The van der Waals surface area contributed by atoms with Gasteiger partial charge in [-0.25, -0.2) is 0 Å². The number of nitrogens with zero attached hydrogens (tertiary/aromatic N) is 3. The minimum absolute atomic E-state index is 0.0263. The lowest BCUT2D eigenvalue weighted by atomic mass is 9.99. The van der Waals surface area contributed by atoms with Gasteiger partial charge in [-0.1, -0.05) is 37.3 Å². The molecule has 2 unspecified atom stereocenters. The Kier molecular flexibility index (Phi) is 7.09. The molecule has 0 N–H and O–H groups in total. The van der Waals surface area contributed by atoms with Gasteiger partial charge in [-0.3, -0.25) is 9.69 Å².